The van der Waals surface area contributed by atoms with Crippen LogP contribution >= 0.6 is 11.3 Å². The van der Waals surface area contributed by atoms with Crippen molar-refractivity contribution >= 4 is 11.3 Å². The molecule has 0 bridgehead atoms. The summed E-state index contributed by atoms with van der Waals surface area (Å²) >= 11 is 1.82. The van der Waals surface area contributed by atoms with Crippen molar-refractivity contribution in [3.8, 4) is 0 Å². The van der Waals surface area contributed by atoms with Crippen LogP contribution < -0.4 is 5.32 Å². The first kappa shape index (κ1) is 12.3. The molecule has 0 radical (unpaired) electrons. The molecule has 0 atom stereocenters. The van der Waals surface area contributed by atoms with Gasteiger partial charge >= 0.3 is 0 Å². The molecular weight excluding hydrogens is 230 g/mol. The van der Waals surface area contributed by atoms with Gasteiger partial charge in [0, 0.05) is 35.6 Å². The molecule has 0 amide bonds. The molecule has 17 heavy (non-hydrogen) atoms. The van der Waals surface area contributed by atoms with Crippen LogP contribution in [0.2, 0.25) is 0 Å². The number of thiophene rings is 1. The van der Waals surface area contributed by atoms with E-state index in [4.69, 9.17) is 0 Å². The Balaban J connectivity index is 1.94. The first-order valence-electron chi connectivity index (χ1n) is 6.05. The van der Waals surface area contributed by atoms with Crippen LogP contribution in [0.5, 0.6) is 0 Å². The number of aryl methyl sites for hydroxylation is 2. The van der Waals surface area contributed by atoms with Crippen LogP contribution in [0.1, 0.15) is 23.1 Å². The van der Waals surface area contributed by atoms with Gasteiger partial charge in [0.1, 0.15) is 0 Å². The van der Waals surface area contributed by atoms with Crippen molar-refractivity contribution in [2.75, 3.05) is 6.54 Å². The molecule has 2 aromatic heterocycles. The summed E-state index contributed by atoms with van der Waals surface area (Å²) < 4.78 is 2.10. The van der Waals surface area contributed by atoms with Crippen LogP contribution in [-0.2, 0) is 19.5 Å². The van der Waals surface area contributed by atoms with Gasteiger partial charge in [0.2, 0.25) is 0 Å². The van der Waals surface area contributed by atoms with Gasteiger partial charge in [0.05, 0.1) is 6.20 Å². The van der Waals surface area contributed by atoms with E-state index in [1.807, 2.05) is 17.5 Å². The number of hydrogen-bond donors (Lipinski definition) is 1. The monoisotopic (exact) mass is 249 g/mol. The SMILES string of the molecule is CCNCc1cnn(CCc2cccs2)c1C. The molecule has 3 nitrogen and oxygen atoms in total. The Hall–Kier alpha value is -1.13. The molecule has 2 aromatic rings. The van der Waals surface area contributed by atoms with Gasteiger partial charge < -0.3 is 5.32 Å². The van der Waals surface area contributed by atoms with Crippen LogP contribution in [0.4, 0.5) is 0 Å². The largest absolute Gasteiger partial charge is 0.313 e. The zero-order valence-corrected chi connectivity index (χ0v) is 11.3. The van der Waals surface area contributed by atoms with Crippen molar-refractivity contribution in [2.45, 2.75) is 33.4 Å². The molecule has 0 aliphatic carbocycles. The summed E-state index contributed by atoms with van der Waals surface area (Å²) in [5, 5.41) is 9.91. The van der Waals surface area contributed by atoms with Crippen molar-refractivity contribution in [1.82, 2.24) is 15.1 Å². The molecule has 4 heteroatoms. The van der Waals surface area contributed by atoms with Crippen LogP contribution in [0.25, 0.3) is 0 Å². The third-order valence-electron chi connectivity index (χ3n) is 2.92. The van der Waals surface area contributed by atoms with Gasteiger partial charge in [-0.05, 0) is 24.9 Å². The quantitative estimate of drug-likeness (QED) is 0.853. The molecule has 0 spiro atoms. The number of aromatic nitrogens is 2. The van der Waals surface area contributed by atoms with Crippen LogP contribution in [0.3, 0.4) is 0 Å². The first-order valence-corrected chi connectivity index (χ1v) is 6.93. The van der Waals surface area contributed by atoms with Gasteiger partial charge in [-0.3, -0.25) is 4.68 Å². The first-order chi connectivity index (χ1) is 8.31. The Morgan fingerprint density at radius 2 is 2.35 bits per heavy atom. The minimum Gasteiger partial charge on any atom is -0.313 e. The summed E-state index contributed by atoms with van der Waals surface area (Å²) in [6.07, 6.45) is 3.05. The molecule has 0 saturated heterocycles. The Morgan fingerprint density at radius 3 is 3.06 bits per heavy atom. The van der Waals surface area contributed by atoms with E-state index >= 15 is 0 Å². The van der Waals surface area contributed by atoms with Gasteiger partial charge in [0.25, 0.3) is 0 Å². The van der Waals surface area contributed by atoms with E-state index in [0.29, 0.717) is 0 Å². The molecule has 92 valence electrons. The predicted molar refractivity (Wildman–Crippen MR) is 72.4 cm³/mol. The lowest BCUT2D eigenvalue weighted by Gasteiger charge is -2.05. The highest BCUT2D eigenvalue weighted by Crippen LogP contribution is 2.12. The summed E-state index contributed by atoms with van der Waals surface area (Å²) in [6, 6.07) is 4.29. The Morgan fingerprint density at radius 1 is 1.47 bits per heavy atom. The molecule has 1 N–H and O–H groups in total. The number of rotatable bonds is 6. The summed E-state index contributed by atoms with van der Waals surface area (Å²) in [6.45, 7) is 7.16. The van der Waals surface area contributed by atoms with Gasteiger partial charge in [-0.15, -0.1) is 11.3 Å². The van der Waals surface area contributed by atoms with Crippen LogP contribution in [0, 0.1) is 6.92 Å². The average molecular weight is 249 g/mol. The molecule has 0 unspecified atom stereocenters. The minimum absolute atomic E-state index is 0.918. The highest BCUT2D eigenvalue weighted by Gasteiger charge is 2.05. The van der Waals surface area contributed by atoms with E-state index in [1.165, 1.54) is 16.1 Å². The fraction of sp³-hybridized carbons (Fsp3) is 0.462. The van der Waals surface area contributed by atoms with E-state index in [2.05, 4.69) is 46.5 Å². The maximum atomic E-state index is 4.45. The second-order valence-corrected chi connectivity index (χ2v) is 5.12. The maximum absolute atomic E-state index is 4.45. The number of nitrogens with one attached hydrogen (secondary N) is 1. The summed E-state index contributed by atoms with van der Waals surface area (Å²) in [4.78, 5) is 1.42. The minimum atomic E-state index is 0.918. The van der Waals surface area contributed by atoms with Crippen molar-refractivity contribution in [2.24, 2.45) is 0 Å². The second kappa shape index (κ2) is 5.98. The van der Waals surface area contributed by atoms with Crippen LogP contribution in [-0.4, -0.2) is 16.3 Å². The van der Waals surface area contributed by atoms with Gasteiger partial charge in [0.15, 0.2) is 0 Å². The zero-order valence-electron chi connectivity index (χ0n) is 10.4. The molecule has 0 aromatic carbocycles. The van der Waals surface area contributed by atoms with E-state index in [0.717, 1.165) is 26.1 Å². The Labute approximate surface area is 106 Å². The number of hydrogen-bond acceptors (Lipinski definition) is 3. The lowest BCUT2D eigenvalue weighted by Crippen LogP contribution is -2.12. The lowest BCUT2D eigenvalue weighted by molar-refractivity contribution is 0.599. The Kier molecular flexibility index (Phi) is 4.34. The van der Waals surface area contributed by atoms with E-state index in [9.17, 15) is 0 Å². The molecule has 2 heterocycles. The van der Waals surface area contributed by atoms with Crippen molar-refractivity contribution in [3.05, 3.63) is 39.8 Å². The van der Waals surface area contributed by atoms with Crippen molar-refractivity contribution in [1.29, 1.82) is 0 Å². The van der Waals surface area contributed by atoms with Crippen LogP contribution in [0.15, 0.2) is 23.7 Å². The molecule has 0 fully saturated rings. The highest BCUT2D eigenvalue weighted by atomic mass is 32.1. The summed E-state index contributed by atoms with van der Waals surface area (Å²) in [5.74, 6) is 0. The third-order valence-corrected chi connectivity index (χ3v) is 3.86. The molecular formula is C13H19N3S. The maximum Gasteiger partial charge on any atom is 0.0537 e. The zero-order chi connectivity index (χ0) is 12.1. The third kappa shape index (κ3) is 3.17. The lowest BCUT2D eigenvalue weighted by atomic mass is 10.2. The van der Waals surface area contributed by atoms with Crippen molar-refractivity contribution in [3.63, 3.8) is 0 Å². The molecule has 2 rings (SSSR count). The van der Waals surface area contributed by atoms with Gasteiger partial charge in [-0.2, -0.15) is 5.10 Å². The second-order valence-electron chi connectivity index (χ2n) is 4.09. The molecule has 0 aliphatic heterocycles. The van der Waals surface area contributed by atoms with Gasteiger partial charge in [-0.25, -0.2) is 0 Å². The highest BCUT2D eigenvalue weighted by molar-refractivity contribution is 7.09. The smallest absolute Gasteiger partial charge is 0.0537 e. The Bertz CT molecular complexity index is 445. The van der Waals surface area contributed by atoms with Crippen molar-refractivity contribution < 1.29 is 0 Å². The predicted octanol–water partition coefficient (Wildman–Crippen LogP) is 2.61. The fourth-order valence-corrected chi connectivity index (χ4v) is 2.51. The number of nitrogens with zero attached hydrogens (tertiary/aromatic N) is 2. The standard InChI is InChI=1S/C13H19N3S/c1-3-14-9-12-10-15-16(11(12)2)7-6-13-5-4-8-17-13/h4-5,8,10,14H,3,6-7,9H2,1-2H3. The van der Waals surface area contributed by atoms with E-state index < -0.39 is 0 Å². The normalized spacial score (nSPS) is 10.9. The summed E-state index contributed by atoms with van der Waals surface area (Å²) in [5.41, 5.74) is 2.58. The van der Waals surface area contributed by atoms with E-state index in [-0.39, 0.29) is 0 Å². The van der Waals surface area contributed by atoms with Gasteiger partial charge in [-0.1, -0.05) is 13.0 Å². The average Bonchev–Trinajstić information content (AvgIpc) is 2.95. The molecule has 0 saturated carbocycles. The van der Waals surface area contributed by atoms with E-state index in [1.54, 1.807) is 0 Å². The summed E-state index contributed by atoms with van der Waals surface area (Å²) in [7, 11) is 0. The topological polar surface area (TPSA) is 29.9 Å². The fourth-order valence-electron chi connectivity index (χ4n) is 1.81. The molecule has 0 aliphatic rings.